The van der Waals surface area contributed by atoms with Gasteiger partial charge >= 0.3 is 0 Å². The highest BCUT2D eigenvalue weighted by atomic mass is 32.1. The fraction of sp³-hybridized carbons (Fsp3) is 0.143. The number of thiol groups is 1. The standard InChI is InChI=1S/C7H8N4O3S2/c1-10-3-4(11(13)14)2-5(10)6(12)8-9-7(15)16/h2-3H,1H3,(H,8,12)(H2,9,15,16). The van der Waals surface area contributed by atoms with Crippen LogP contribution in [0, 0.1) is 10.1 Å². The highest BCUT2D eigenvalue weighted by Gasteiger charge is 2.17. The zero-order valence-corrected chi connectivity index (χ0v) is 9.84. The SMILES string of the molecule is Cn1cc([N+](=O)[O-])cc1C(=O)NNC(=S)S. The van der Waals surface area contributed by atoms with Gasteiger partial charge in [-0.2, -0.15) is 0 Å². The number of nitrogens with zero attached hydrogens (tertiary/aromatic N) is 2. The van der Waals surface area contributed by atoms with Crippen molar-refractivity contribution in [2.45, 2.75) is 0 Å². The Bertz CT molecular complexity index is 456. The first kappa shape index (κ1) is 12.5. The van der Waals surface area contributed by atoms with E-state index in [1.54, 1.807) is 0 Å². The quantitative estimate of drug-likeness (QED) is 0.310. The van der Waals surface area contributed by atoms with Crippen LogP contribution in [0.1, 0.15) is 10.5 Å². The van der Waals surface area contributed by atoms with Crippen molar-refractivity contribution in [1.82, 2.24) is 15.4 Å². The van der Waals surface area contributed by atoms with E-state index in [-0.39, 0.29) is 15.7 Å². The maximum atomic E-state index is 11.5. The number of hydrogen-bond acceptors (Lipinski definition) is 4. The van der Waals surface area contributed by atoms with Gasteiger partial charge in [0.25, 0.3) is 11.6 Å². The number of nitrogens with one attached hydrogen (secondary N) is 2. The molecular formula is C7H8N4O3S2. The number of carbonyl (C=O) groups is 1. The van der Waals surface area contributed by atoms with Crippen LogP contribution >= 0.6 is 24.8 Å². The van der Waals surface area contributed by atoms with Gasteiger partial charge in [-0.05, 0) is 0 Å². The molecule has 1 rings (SSSR count). The Hall–Kier alpha value is -1.61. The maximum absolute atomic E-state index is 11.5. The third-order valence-electron chi connectivity index (χ3n) is 1.72. The largest absolute Gasteiger partial charge is 0.340 e. The van der Waals surface area contributed by atoms with E-state index < -0.39 is 10.8 Å². The molecule has 0 radical (unpaired) electrons. The van der Waals surface area contributed by atoms with Crippen LogP contribution in [0.3, 0.4) is 0 Å². The Kier molecular flexibility index (Phi) is 3.85. The van der Waals surface area contributed by atoms with Gasteiger partial charge in [0, 0.05) is 13.1 Å². The minimum absolute atomic E-state index is 0.0945. The third kappa shape index (κ3) is 2.94. The van der Waals surface area contributed by atoms with Crippen molar-refractivity contribution in [2.24, 2.45) is 7.05 Å². The number of hydrogen-bond donors (Lipinski definition) is 3. The van der Waals surface area contributed by atoms with Crippen molar-refractivity contribution < 1.29 is 9.72 Å². The fourth-order valence-electron chi connectivity index (χ4n) is 1.05. The molecule has 0 bridgehead atoms. The smallest absolute Gasteiger partial charge is 0.287 e. The van der Waals surface area contributed by atoms with Crippen molar-refractivity contribution in [2.75, 3.05) is 0 Å². The summed E-state index contributed by atoms with van der Waals surface area (Å²) in [4.78, 5) is 21.4. The summed E-state index contributed by atoms with van der Waals surface area (Å²) < 4.78 is 1.44. The molecule has 2 N–H and O–H groups in total. The zero-order chi connectivity index (χ0) is 12.3. The van der Waals surface area contributed by atoms with Crippen LogP contribution in [0.2, 0.25) is 0 Å². The lowest BCUT2D eigenvalue weighted by atomic mass is 10.4. The van der Waals surface area contributed by atoms with Gasteiger partial charge in [-0.3, -0.25) is 25.8 Å². The highest BCUT2D eigenvalue weighted by Crippen LogP contribution is 2.14. The molecule has 1 amide bonds. The summed E-state index contributed by atoms with van der Waals surface area (Å²) in [6.07, 6.45) is 1.24. The van der Waals surface area contributed by atoms with E-state index in [9.17, 15) is 14.9 Å². The van der Waals surface area contributed by atoms with Crippen molar-refractivity contribution in [3.05, 3.63) is 28.1 Å². The molecule has 86 valence electrons. The van der Waals surface area contributed by atoms with Gasteiger partial charge < -0.3 is 4.57 Å². The lowest BCUT2D eigenvalue weighted by Crippen LogP contribution is -2.39. The maximum Gasteiger partial charge on any atom is 0.287 e. The van der Waals surface area contributed by atoms with Gasteiger partial charge in [-0.25, -0.2) is 0 Å². The Morgan fingerprint density at radius 1 is 1.62 bits per heavy atom. The molecule has 1 aromatic rings. The zero-order valence-electron chi connectivity index (χ0n) is 8.13. The van der Waals surface area contributed by atoms with E-state index in [0.717, 1.165) is 0 Å². The lowest BCUT2D eigenvalue weighted by Gasteiger charge is -2.05. The number of rotatable bonds is 2. The second-order valence-electron chi connectivity index (χ2n) is 2.84. The van der Waals surface area contributed by atoms with Gasteiger partial charge in [0.2, 0.25) is 0 Å². The summed E-state index contributed by atoms with van der Waals surface area (Å²) >= 11 is 8.31. The van der Waals surface area contributed by atoms with E-state index in [2.05, 4.69) is 35.7 Å². The molecule has 16 heavy (non-hydrogen) atoms. The van der Waals surface area contributed by atoms with E-state index in [1.807, 2.05) is 0 Å². The summed E-state index contributed by atoms with van der Waals surface area (Å²) in [5.74, 6) is -0.535. The molecule has 0 aliphatic heterocycles. The van der Waals surface area contributed by atoms with E-state index in [4.69, 9.17) is 0 Å². The van der Waals surface area contributed by atoms with Gasteiger partial charge in [0.05, 0.1) is 11.1 Å². The first-order valence-electron chi connectivity index (χ1n) is 4.02. The van der Waals surface area contributed by atoms with Gasteiger partial charge in [0.1, 0.15) is 10.0 Å². The Balaban J connectivity index is 2.83. The first-order valence-corrected chi connectivity index (χ1v) is 4.87. The number of thiocarbonyl (C=S) groups is 1. The number of aromatic nitrogens is 1. The van der Waals surface area contributed by atoms with Crippen LogP contribution in [0.4, 0.5) is 5.69 Å². The molecular weight excluding hydrogens is 252 g/mol. The van der Waals surface area contributed by atoms with Crippen LogP contribution in [-0.4, -0.2) is 19.7 Å². The minimum Gasteiger partial charge on any atom is -0.340 e. The predicted molar refractivity (Wildman–Crippen MR) is 64.3 cm³/mol. The summed E-state index contributed by atoms with van der Waals surface area (Å²) in [6.45, 7) is 0. The van der Waals surface area contributed by atoms with Crippen molar-refractivity contribution >= 4 is 40.8 Å². The first-order chi connectivity index (χ1) is 7.41. The molecule has 0 aliphatic carbocycles. The number of hydrazine groups is 1. The van der Waals surface area contributed by atoms with Gasteiger partial charge in [0.15, 0.2) is 0 Å². The molecule has 0 unspecified atom stereocenters. The Labute approximate surface area is 101 Å². The molecule has 0 fully saturated rings. The van der Waals surface area contributed by atoms with Crippen LogP contribution in [0.5, 0.6) is 0 Å². The average Bonchev–Trinajstić information content (AvgIpc) is 2.57. The Morgan fingerprint density at radius 2 is 2.25 bits per heavy atom. The highest BCUT2D eigenvalue weighted by molar-refractivity contribution is 8.11. The monoisotopic (exact) mass is 260 g/mol. The topological polar surface area (TPSA) is 89.2 Å². The number of carbonyl (C=O) groups excluding carboxylic acids is 1. The van der Waals surface area contributed by atoms with E-state index >= 15 is 0 Å². The van der Waals surface area contributed by atoms with Crippen LogP contribution in [-0.2, 0) is 7.05 Å². The minimum atomic E-state index is -0.576. The van der Waals surface area contributed by atoms with Crippen LogP contribution in [0.15, 0.2) is 12.3 Å². The van der Waals surface area contributed by atoms with Gasteiger partial charge in [-0.15, -0.1) is 12.6 Å². The Morgan fingerprint density at radius 3 is 2.69 bits per heavy atom. The predicted octanol–water partition coefficient (Wildman–Crippen LogP) is 0.382. The summed E-state index contributed by atoms with van der Waals surface area (Å²) in [5, 5.41) is 10.5. The van der Waals surface area contributed by atoms with Gasteiger partial charge in [-0.1, -0.05) is 12.2 Å². The molecule has 0 aromatic carbocycles. The summed E-state index contributed by atoms with van der Waals surface area (Å²) in [6, 6.07) is 1.17. The molecule has 0 atom stereocenters. The number of nitro groups is 1. The second-order valence-corrected chi connectivity index (χ2v) is 3.99. The van der Waals surface area contributed by atoms with Crippen molar-refractivity contribution in [1.29, 1.82) is 0 Å². The van der Waals surface area contributed by atoms with Crippen molar-refractivity contribution in [3.63, 3.8) is 0 Å². The average molecular weight is 260 g/mol. The van der Waals surface area contributed by atoms with E-state index in [1.165, 1.54) is 23.9 Å². The lowest BCUT2D eigenvalue weighted by molar-refractivity contribution is -0.384. The molecule has 9 heteroatoms. The third-order valence-corrected chi connectivity index (χ3v) is 1.93. The molecule has 0 spiro atoms. The molecule has 0 saturated carbocycles. The molecule has 0 aliphatic rings. The molecule has 1 aromatic heterocycles. The van der Waals surface area contributed by atoms with E-state index in [0.29, 0.717) is 0 Å². The second kappa shape index (κ2) is 4.94. The number of aryl methyl sites for hydroxylation is 1. The summed E-state index contributed by atoms with van der Waals surface area (Å²) in [5.41, 5.74) is 4.55. The molecule has 0 saturated heterocycles. The summed E-state index contributed by atoms with van der Waals surface area (Å²) in [7, 11) is 1.53. The van der Waals surface area contributed by atoms with Crippen molar-refractivity contribution in [3.8, 4) is 0 Å². The molecule has 7 nitrogen and oxygen atoms in total. The van der Waals surface area contributed by atoms with Crippen LogP contribution < -0.4 is 10.9 Å². The number of amides is 1. The fourth-order valence-corrected chi connectivity index (χ4v) is 1.15. The van der Waals surface area contributed by atoms with Crippen LogP contribution in [0.25, 0.3) is 0 Å². The molecule has 1 heterocycles. The normalized spacial score (nSPS) is 9.62.